The van der Waals surface area contributed by atoms with Gasteiger partial charge in [-0.25, -0.2) is 8.78 Å². The van der Waals surface area contributed by atoms with E-state index in [1.54, 1.807) is 0 Å². The Morgan fingerprint density at radius 1 is 1.39 bits per heavy atom. The standard InChI is InChI=1S/C13H15ClF2O2/c14-10-7-11(15)9(6-12(10)16)13(17)4-3-8-2-1-5-18-8/h6-8,13,17H,1-5H2. The van der Waals surface area contributed by atoms with Crippen LogP contribution in [-0.4, -0.2) is 17.8 Å². The van der Waals surface area contributed by atoms with Gasteiger partial charge < -0.3 is 9.84 Å². The topological polar surface area (TPSA) is 29.5 Å². The van der Waals surface area contributed by atoms with Crippen LogP contribution in [0, 0.1) is 11.6 Å². The zero-order valence-corrected chi connectivity index (χ0v) is 10.6. The molecule has 0 radical (unpaired) electrons. The fourth-order valence-corrected chi connectivity index (χ4v) is 2.31. The van der Waals surface area contributed by atoms with Gasteiger partial charge >= 0.3 is 0 Å². The molecule has 0 aromatic heterocycles. The van der Waals surface area contributed by atoms with Gasteiger partial charge in [0.1, 0.15) is 11.6 Å². The molecule has 2 atom stereocenters. The van der Waals surface area contributed by atoms with Crippen LogP contribution in [0.15, 0.2) is 12.1 Å². The number of rotatable bonds is 4. The van der Waals surface area contributed by atoms with Crippen molar-refractivity contribution >= 4 is 11.6 Å². The van der Waals surface area contributed by atoms with Crippen LogP contribution in [0.1, 0.15) is 37.4 Å². The summed E-state index contributed by atoms with van der Waals surface area (Å²) in [6.07, 6.45) is 2.07. The first-order valence-electron chi connectivity index (χ1n) is 6.02. The van der Waals surface area contributed by atoms with Crippen molar-refractivity contribution in [3.05, 3.63) is 34.4 Å². The lowest BCUT2D eigenvalue weighted by atomic mass is 10.0. The van der Waals surface area contributed by atoms with Gasteiger partial charge in [0.05, 0.1) is 17.2 Å². The molecule has 0 aliphatic carbocycles. The van der Waals surface area contributed by atoms with Gasteiger partial charge in [0.25, 0.3) is 0 Å². The molecule has 0 spiro atoms. The van der Waals surface area contributed by atoms with Crippen molar-refractivity contribution in [3.8, 4) is 0 Å². The van der Waals surface area contributed by atoms with Gasteiger partial charge in [-0.3, -0.25) is 0 Å². The number of ether oxygens (including phenoxy) is 1. The molecular formula is C13H15ClF2O2. The van der Waals surface area contributed by atoms with Crippen LogP contribution in [0.5, 0.6) is 0 Å². The third kappa shape index (κ3) is 3.19. The maximum absolute atomic E-state index is 13.5. The van der Waals surface area contributed by atoms with Crippen molar-refractivity contribution in [1.82, 2.24) is 0 Å². The van der Waals surface area contributed by atoms with Crippen LogP contribution in [-0.2, 0) is 4.74 Å². The van der Waals surface area contributed by atoms with E-state index in [1.165, 1.54) is 0 Å². The summed E-state index contributed by atoms with van der Waals surface area (Å²) < 4.78 is 32.2. The van der Waals surface area contributed by atoms with Gasteiger partial charge in [0.15, 0.2) is 0 Å². The van der Waals surface area contributed by atoms with Gasteiger partial charge in [-0.2, -0.15) is 0 Å². The highest BCUT2D eigenvalue weighted by Gasteiger charge is 2.20. The van der Waals surface area contributed by atoms with E-state index < -0.39 is 17.7 Å². The largest absolute Gasteiger partial charge is 0.388 e. The van der Waals surface area contributed by atoms with E-state index in [2.05, 4.69) is 0 Å². The van der Waals surface area contributed by atoms with Crippen LogP contribution in [0.3, 0.4) is 0 Å². The Hall–Kier alpha value is -0.710. The summed E-state index contributed by atoms with van der Waals surface area (Å²) in [4.78, 5) is 0. The number of halogens is 3. The molecule has 5 heteroatoms. The Labute approximate surface area is 110 Å². The maximum Gasteiger partial charge on any atom is 0.142 e. The fraction of sp³-hybridized carbons (Fsp3) is 0.538. The van der Waals surface area contributed by atoms with Crippen molar-refractivity contribution in [2.45, 2.75) is 37.9 Å². The van der Waals surface area contributed by atoms with Gasteiger partial charge in [-0.1, -0.05) is 11.6 Å². The minimum Gasteiger partial charge on any atom is -0.388 e. The molecule has 1 aliphatic heterocycles. The number of hydrogen-bond acceptors (Lipinski definition) is 2. The van der Waals surface area contributed by atoms with Gasteiger partial charge in [-0.05, 0) is 37.8 Å². The number of aliphatic hydroxyl groups excluding tert-OH is 1. The molecule has 0 saturated carbocycles. The second-order valence-electron chi connectivity index (χ2n) is 4.52. The minimum atomic E-state index is -1.03. The predicted molar refractivity (Wildman–Crippen MR) is 64.5 cm³/mol. The zero-order chi connectivity index (χ0) is 13.1. The number of aliphatic hydroxyl groups is 1. The van der Waals surface area contributed by atoms with Crippen LogP contribution < -0.4 is 0 Å². The number of benzene rings is 1. The molecule has 0 bridgehead atoms. The molecule has 1 fully saturated rings. The van der Waals surface area contributed by atoms with Crippen LogP contribution in [0.2, 0.25) is 5.02 Å². The summed E-state index contributed by atoms with van der Waals surface area (Å²) in [5, 5.41) is 9.60. The Kier molecular flexibility index (Phi) is 4.54. The van der Waals surface area contributed by atoms with Crippen molar-refractivity contribution in [2.24, 2.45) is 0 Å². The molecule has 0 amide bonds. The molecule has 18 heavy (non-hydrogen) atoms. The molecule has 2 nitrogen and oxygen atoms in total. The average molecular weight is 277 g/mol. The lowest BCUT2D eigenvalue weighted by Crippen LogP contribution is -2.09. The third-order valence-corrected chi connectivity index (χ3v) is 3.47. The highest BCUT2D eigenvalue weighted by molar-refractivity contribution is 6.30. The van der Waals surface area contributed by atoms with Crippen LogP contribution >= 0.6 is 11.6 Å². The minimum absolute atomic E-state index is 0.0464. The van der Waals surface area contributed by atoms with E-state index in [-0.39, 0.29) is 16.7 Å². The molecule has 1 aromatic carbocycles. The Balaban J connectivity index is 1.99. The highest BCUT2D eigenvalue weighted by Crippen LogP contribution is 2.28. The van der Waals surface area contributed by atoms with E-state index in [0.29, 0.717) is 12.8 Å². The fourth-order valence-electron chi connectivity index (χ4n) is 2.16. The van der Waals surface area contributed by atoms with E-state index in [9.17, 15) is 13.9 Å². The molecule has 1 saturated heterocycles. The van der Waals surface area contributed by atoms with Gasteiger partial charge in [-0.15, -0.1) is 0 Å². The lowest BCUT2D eigenvalue weighted by Gasteiger charge is -2.15. The summed E-state index contributed by atoms with van der Waals surface area (Å²) in [6.45, 7) is 0.741. The summed E-state index contributed by atoms with van der Waals surface area (Å²) >= 11 is 5.45. The SMILES string of the molecule is OC(CCC1CCCO1)c1cc(F)c(Cl)cc1F. The first-order chi connectivity index (χ1) is 8.58. The lowest BCUT2D eigenvalue weighted by molar-refractivity contribution is 0.0802. The van der Waals surface area contributed by atoms with Gasteiger partial charge in [0, 0.05) is 12.2 Å². The van der Waals surface area contributed by atoms with E-state index in [0.717, 1.165) is 31.6 Å². The average Bonchev–Trinajstić information content (AvgIpc) is 2.84. The van der Waals surface area contributed by atoms with Crippen LogP contribution in [0.25, 0.3) is 0 Å². The zero-order valence-electron chi connectivity index (χ0n) is 9.83. The Morgan fingerprint density at radius 3 is 2.83 bits per heavy atom. The maximum atomic E-state index is 13.5. The van der Waals surface area contributed by atoms with Gasteiger partial charge in [0.2, 0.25) is 0 Å². The molecule has 1 N–H and O–H groups in total. The summed E-state index contributed by atoms with van der Waals surface area (Å²) in [5.74, 6) is -1.40. The Morgan fingerprint density at radius 2 is 2.17 bits per heavy atom. The molecular weight excluding hydrogens is 262 g/mol. The smallest absolute Gasteiger partial charge is 0.142 e. The van der Waals surface area contributed by atoms with Crippen molar-refractivity contribution in [3.63, 3.8) is 0 Å². The highest BCUT2D eigenvalue weighted by atomic mass is 35.5. The normalized spacial score (nSPS) is 21.2. The molecule has 1 aliphatic rings. The monoisotopic (exact) mass is 276 g/mol. The Bertz CT molecular complexity index is 420. The summed E-state index contributed by atoms with van der Waals surface area (Å²) in [5.41, 5.74) is -0.0464. The summed E-state index contributed by atoms with van der Waals surface area (Å²) in [7, 11) is 0. The molecule has 1 aromatic rings. The predicted octanol–water partition coefficient (Wildman–Crippen LogP) is 3.61. The van der Waals surface area contributed by atoms with Crippen molar-refractivity contribution < 1.29 is 18.6 Å². The summed E-state index contributed by atoms with van der Waals surface area (Å²) in [6, 6.07) is 1.85. The molecule has 2 unspecified atom stereocenters. The van der Waals surface area contributed by atoms with Crippen LogP contribution in [0.4, 0.5) is 8.78 Å². The third-order valence-electron chi connectivity index (χ3n) is 3.18. The quantitative estimate of drug-likeness (QED) is 0.851. The second-order valence-corrected chi connectivity index (χ2v) is 4.92. The molecule has 2 rings (SSSR count). The van der Waals surface area contributed by atoms with E-state index >= 15 is 0 Å². The molecule has 100 valence electrons. The molecule has 1 heterocycles. The van der Waals surface area contributed by atoms with E-state index in [1.807, 2.05) is 0 Å². The first kappa shape index (κ1) is 13.7. The van der Waals surface area contributed by atoms with Crippen molar-refractivity contribution in [1.29, 1.82) is 0 Å². The van der Waals surface area contributed by atoms with Crippen molar-refractivity contribution in [2.75, 3.05) is 6.61 Å². The van der Waals surface area contributed by atoms with E-state index in [4.69, 9.17) is 16.3 Å². The first-order valence-corrected chi connectivity index (χ1v) is 6.40. The number of hydrogen-bond donors (Lipinski definition) is 1. The second kappa shape index (κ2) is 5.95.